The van der Waals surface area contributed by atoms with Gasteiger partial charge in [-0.3, -0.25) is 0 Å². The molecule has 88 valence electrons. The molecular formula is C13H18BrNO. The molecule has 1 aromatic carbocycles. The Balaban J connectivity index is 2.23. The topological polar surface area (TPSA) is 21.3 Å². The van der Waals surface area contributed by atoms with Gasteiger partial charge in [0.25, 0.3) is 0 Å². The number of hydrogen-bond donors (Lipinski definition) is 1. The fraction of sp³-hybridized carbons (Fsp3) is 0.538. The van der Waals surface area contributed by atoms with Gasteiger partial charge in [0.2, 0.25) is 0 Å². The first-order valence-electron chi connectivity index (χ1n) is 5.88. The maximum Gasteiger partial charge on any atom is 0.124 e. The van der Waals surface area contributed by atoms with Crippen molar-refractivity contribution in [1.82, 2.24) is 5.32 Å². The van der Waals surface area contributed by atoms with Gasteiger partial charge in [-0.05, 0) is 31.5 Å². The smallest absolute Gasteiger partial charge is 0.124 e. The summed E-state index contributed by atoms with van der Waals surface area (Å²) in [7, 11) is 1.74. The second kappa shape index (κ2) is 5.69. The van der Waals surface area contributed by atoms with Gasteiger partial charge < -0.3 is 10.1 Å². The van der Waals surface area contributed by atoms with Crippen molar-refractivity contribution >= 4 is 15.9 Å². The van der Waals surface area contributed by atoms with Crippen molar-refractivity contribution in [3.63, 3.8) is 0 Å². The van der Waals surface area contributed by atoms with Gasteiger partial charge in [0.05, 0.1) is 7.11 Å². The molecule has 3 heteroatoms. The van der Waals surface area contributed by atoms with Crippen LogP contribution in [0.25, 0.3) is 0 Å². The van der Waals surface area contributed by atoms with Crippen LogP contribution in [0.5, 0.6) is 5.75 Å². The van der Waals surface area contributed by atoms with Crippen LogP contribution in [-0.2, 0) is 0 Å². The van der Waals surface area contributed by atoms with Gasteiger partial charge in [-0.15, -0.1) is 0 Å². The van der Waals surface area contributed by atoms with Gasteiger partial charge in [0.15, 0.2) is 0 Å². The molecule has 0 bridgehead atoms. The Morgan fingerprint density at radius 1 is 1.31 bits per heavy atom. The summed E-state index contributed by atoms with van der Waals surface area (Å²) in [5.41, 5.74) is 1.28. The predicted molar refractivity (Wildman–Crippen MR) is 69.9 cm³/mol. The number of halogens is 1. The predicted octanol–water partition coefficient (Wildman–Crippen LogP) is 3.66. The molecule has 0 radical (unpaired) electrons. The Labute approximate surface area is 106 Å². The van der Waals surface area contributed by atoms with Crippen LogP contribution in [0.3, 0.4) is 0 Å². The SMILES string of the molecule is COc1cc(Br)ccc1C1CCCCCN1. The normalized spacial score (nSPS) is 21.5. The van der Waals surface area contributed by atoms with Crippen molar-refractivity contribution in [3.05, 3.63) is 28.2 Å². The molecule has 16 heavy (non-hydrogen) atoms. The Bertz CT molecular complexity index is 346. The highest BCUT2D eigenvalue weighted by molar-refractivity contribution is 9.10. The highest BCUT2D eigenvalue weighted by atomic mass is 79.9. The van der Waals surface area contributed by atoms with E-state index >= 15 is 0 Å². The second-order valence-corrected chi connectivity index (χ2v) is 5.16. The molecule has 1 aliphatic rings. The number of benzene rings is 1. The first kappa shape index (κ1) is 11.9. The third-order valence-corrected chi connectivity index (χ3v) is 3.62. The Kier molecular flexibility index (Phi) is 4.24. The van der Waals surface area contributed by atoms with Gasteiger partial charge >= 0.3 is 0 Å². The number of nitrogens with one attached hydrogen (secondary N) is 1. The van der Waals surface area contributed by atoms with E-state index < -0.39 is 0 Å². The van der Waals surface area contributed by atoms with Crippen LogP contribution in [-0.4, -0.2) is 13.7 Å². The average Bonchev–Trinajstić information content (AvgIpc) is 2.57. The van der Waals surface area contributed by atoms with Crippen molar-refractivity contribution in [3.8, 4) is 5.75 Å². The van der Waals surface area contributed by atoms with Crippen molar-refractivity contribution in [1.29, 1.82) is 0 Å². The maximum absolute atomic E-state index is 5.45. The highest BCUT2D eigenvalue weighted by Gasteiger charge is 2.17. The van der Waals surface area contributed by atoms with Crippen molar-refractivity contribution in [2.75, 3.05) is 13.7 Å². The minimum atomic E-state index is 0.450. The number of rotatable bonds is 2. The minimum absolute atomic E-state index is 0.450. The quantitative estimate of drug-likeness (QED) is 0.894. The standard InChI is InChI=1S/C13H18BrNO/c1-16-13-9-10(14)6-7-11(13)12-5-3-2-4-8-15-12/h6-7,9,12,15H,2-5,8H2,1H3. The van der Waals surface area contributed by atoms with Crippen LogP contribution in [0, 0.1) is 0 Å². The van der Waals surface area contributed by atoms with Gasteiger partial charge in [0.1, 0.15) is 5.75 Å². The average molecular weight is 284 g/mol. The van der Waals surface area contributed by atoms with Crippen molar-refractivity contribution in [2.24, 2.45) is 0 Å². The fourth-order valence-electron chi connectivity index (χ4n) is 2.27. The van der Waals surface area contributed by atoms with Gasteiger partial charge in [-0.1, -0.05) is 34.8 Å². The van der Waals surface area contributed by atoms with E-state index in [1.807, 2.05) is 6.07 Å². The van der Waals surface area contributed by atoms with E-state index in [0.717, 1.165) is 16.8 Å². The van der Waals surface area contributed by atoms with E-state index in [0.29, 0.717) is 6.04 Å². The summed E-state index contributed by atoms with van der Waals surface area (Å²) in [5.74, 6) is 0.980. The number of methoxy groups -OCH3 is 1. The van der Waals surface area contributed by atoms with Crippen LogP contribution in [0.4, 0.5) is 0 Å². The van der Waals surface area contributed by atoms with E-state index in [1.165, 1.54) is 31.2 Å². The van der Waals surface area contributed by atoms with Crippen molar-refractivity contribution < 1.29 is 4.74 Å². The van der Waals surface area contributed by atoms with Gasteiger partial charge in [0, 0.05) is 16.1 Å². The molecule has 1 saturated heterocycles. The molecule has 1 aliphatic heterocycles. The first-order valence-corrected chi connectivity index (χ1v) is 6.67. The van der Waals surface area contributed by atoms with Crippen LogP contribution >= 0.6 is 15.9 Å². The third-order valence-electron chi connectivity index (χ3n) is 3.13. The summed E-state index contributed by atoms with van der Waals surface area (Å²) in [6.45, 7) is 1.11. The van der Waals surface area contributed by atoms with Crippen molar-refractivity contribution in [2.45, 2.75) is 31.7 Å². The Morgan fingerprint density at radius 2 is 2.19 bits per heavy atom. The summed E-state index contributed by atoms with van der Waals surface area (Å²) in [5, 5.41) is 3.60. The summed E-state index contributed by atoms with van der Waals surface area (Å²) < 4.78 is 6.52. The number of ether oxygens (including phenoxy) is 1. The molecule has 0 saturated carbocycles. The van der Waals surface area contributed by atoms with E-state index in [9.17, 15) is 0 Å². The Hall–Kier alpha value is -0.540. The van der Waals surface area contributed by atoms with Gasteiger partial charge in [-0.25, -0.2) is 0 Å². The molecule has 1 N–H and O–H groups in total. The van der Waals surface area contributed by atoms with Crippen LogP contribution < -0.4 is 10.1 Å². The van der Waals surface area contributed by atoms with E-state index in [1.54, 1.807) is 7.11 Å². The summed E-state index contributed by atoms with van der Waals surface area (Å²) in [4.78, 5) is 0. The molecule has 2 nitrogen and oxygen atoms in total. The Morgan fingerprint density at radius 3 is 3.00 bits per heavy atom. The zero-order valence-corrected chi connectivity index (χ0v) is 11.2. The summed E-state index contributed by atoms with van der Waals surface area (Å²) in [6, 6.07) is 6.74. The summed E-state index contributed by atoms with van der Waals surface area (Å²) in [6.07, 6.45) is 5.13. The molecule has 1 atom stereocenters. The van der Waals surface area contributed by atoms with E-state index in [4.69, 9.17) is 4.74 Å². The third kappa shape index (κ3) is 2.77. The fourth-order valence-corrected chi connectivity index (χ4v) is 2.61. The van der Waals surface area contributed by atoms with Crippen LogP contribution in [0.1, 0.15) is 37.3 Å². The largest absolute Gasteiger partial charge is 0.496 e. The molecule has 0 aromatic heterocycles. The maximum atomic E-state index is 5.45. The highest BCUT2D eigenvalue weighted by Crippen LogP contribution is 2.32. The monoisotopic (exact) mass is 283 g/mol. The lowest BCUT2D eigenvalue weighted by atomic mass is 10.0. The van der Waals surface area contributed by atoms with Gasteiger partial charge in [-0.2, -0.15) is 0 Å². The zero-order chi connectivity index (χ0) is 11.4. The summed E-state index contributed by atoms with van der Waals surface area (Å²) >= 11 is 3.48. The van der Waals surface area contributed by atoms with E-state index in [-0.39, 0.29) is 0 Å². The molecule has 2 rings (SSSR count). The van der Waals surface area contributed by atoms with Crippen LogP contribution in [0.15, 0.2) is 22.7 Å². The molecule has 0 spiro atoms. The number of hydrogen-bond acceptors (Lipinski definition) is 2. The molecule has 1 unspecified atom stereocenters. The molecule has 1 fully saturated rings. The van der Waals surface area contributed by atoms with E-state index in [2.05, 4.69) is 33.4 Å². The molecule has 0 aliphatic carbocycles. The molecule has 1 aromatic rings. The molecular weight excluding hydrogens is 266 g/mol. The lowest BCUT2D eigenvalue weighted by molar-refractivity contribution is 0.397. The molecule has 1 heterocycles. The molecule has 0 amide bonds. The first-order chi connectivity index (χ1) is 7.81. The zero-order valence-electron chi connectivity index (χ0n) is 9.63. The lowest BCUT2D eigenvalue weighted by Crippen LogP contribution is -2.20. The second-order valence-electron chi connectivity index (χ2n) is 4.24. The van der Waals surface area contributed by atoms with Crippen LogP contribution in [0.2, 0.25) is 0 Å². The lowest BCUT2D eigenvalue weighted by Gasteiger charge is -2.19. The minimum Gasteiger partial charge on any atom is -0.496 e.